The molecule has 17 heavy (non-hydrogen) atoms. The Balaban J connectivity index is 2.19. The number of hydrogen-bond acceptors (Lipinski definition) is 3. The van der Waals surface area contributed by atoms with Crippen molar-refractivity contribution < 1.29 is 5.11 Å². The van der Waals surface area contributed by atoms with Gasteiger partial charge in [-0.3, -0.25) is 0 Å². The summed E-state index contributed by atoms with van der Waals surface area (Å²) in [5.74, 6) is 0.304. The van der Waals surface area contributed by atoms with Crippen LogP contribution in [-0.4, -0.2) is 5.11 Å². The monoisotopic (exact) mass is 311 g/mol. The van der Waals surface area contributed by atoms with Crippen LogP contribution in [0.1, 0.15) is 23.4 Å². The Morgan fingerprint density at radius 2 is 2.12 bits per heavy atom. The zero-order valence-corrected chi connectivity index (χ0v) is 12.1. The highest BCUT2D eigenvalue weighted by atomic mass is 79.9. The molecule has 4 heteroatoms. The first-order valence-electron chi connectivity index (χ1n) is 5.37. The highest BCUT2D eigenvalue weighted by molar-refractivity contribution is 9.10. The van der Waals surface area contributed by atoms with Gasteiger partial charge in [-0.25, -0.2) is 0 Å². The molecule has 2 N–H and O–H groups in total. The normalized spacial score (nSPS) is 12.4. The van der Waals surface area contributed by atoms with Crippen molar-refractivity contribution >= 4 is 33.0 Å². The molecule has 1 aromatic heterocycles. The minimum absolute atomic E-state index is 0.243. The van der Waals surface area contributed by atoms with Crippen molar-refractivity contribution in [3.05, 3.63) is 44.6 Å². The quantitative estimate of drug-likeness (QED) is 0.805. The fraction of sp³-hybridized carbons (Fsp3) is 0.231. The maximum Gasteiger partial charge on any atom is 0.115 e. The van der Waals surface area contributed by atoms with Crippen molar-refractivity contribution in [3.63, 3.8) is 0 Å². The summed E-state index contributed by atoms with van der Waals surface area (Å²) in [6.45, 7) is 4.11. The van der Waals surface area contributed by atoms with E-state index in [1.165, 1.54) is 4.88 Å². The molecule has 0 saturated heterocycles. The second-order valence-electron chi connectivity index (χ2n) is 4.00. The number of aromatic hydroxyl groups is 1. The molecule has 0 aliphatic heterocycles. The molecule has 0 aliphatic rings. The van der Waals surface area contributed by atoms with E-state index in [1.54, 1.807) is 23.5 Å². The Hall–Kier alpha value is -1.00. The number of phenolic OH excluding ortho intramolecular Hbond substituents is 1. The second kappa shape index (κ2) is 5.10. The van der Waals surface area contributed by atoms with Gasteiger partial charge in [-0.2, -0.15) is 0 Å². The number of thiophene rings is 1. The van der Waals surface area contributed by atoms with E-state index in [0.29, 0.717) is 5.75 Å². The van der Waals surface area contributed by atoms with Gasteiger partial charge in [0.2, 0.25) is 0 Å². The van der Waals surface area contributed by atoms with E-state index in [-0.39, 0.29) is 6.04 Å². The standard InChI is InChI=1S/C13H14BrNOS/c1-8-7-10(16)3-4-12(8)15-9(2)13-11(14)5-6-17-13/h3-7,9,15-16H,1-2H3. The lowest BCUT2D eigenvalue weighted by molar-refractivity contribution is 0.475. The molecule has 0 bridgehead atoms. The molecule has 0 aliphatic carbocycles. The fourth-order valence-electron chi connectivity index (χ4n) is 1.72. The van der Waals surface area contributed by atoms with E-state index >= 15 is 0 Å². The number of hydrogen-bond donors (Lipinski definition) is 2. The molecule has 1 atom stereocenters. The van der Waals surface area contributed by atoms with Crippen molar-refractivity contribution in [1.29, 1.82) is 0 Å². The Kier molecular flexibility index (Phi) is 3.74. The number of halogens is 1. The molecule has 0 amide bonds. The van der Waals surface area contributed by atoms with Crippen molar-refractivity contribution in [2.24, 2.45) is 0 Å². The molecule has 2 rings (SSSR count). The summed E-state index contributed by atoms with van der Waals surface area (Å²) in [6, 6.07) is 7.67. The molecule has 0 saturated carbocycles. The third-order valence-corrected chi connectivity index (χ3v) is 4.67. The van der Waals surface area contributed by atoms with Gasteiger partial charge in [-0.15, -0.1) is 11.3 Å². The number of nitrogens with one attached hydrogen (secondary N) is 1. The first-order valence-corrected chi connectivity index (χ1v) is 7.04. The summed E-state index contributed by atoms with van der Waals surface area (Å²) < 4.78 is 1.14. The van der Waals surface area contributed by atoms with Crippen LogP contribution >= 0.6 is 27.3 Å². The van der Waals surface area contributed by atoms with Gasteiger partial charge < -0.3 is 10.4 Å². The highest BCUT2D eigenvalue weighted by Crippen LogP contribution is 2.32. The maximum atomic E-state index is 9.37. The Labute approximate surface area is 113 Å². The zero-order chi connectivity index (χ0) is 12.4. The van der Waals surface area contributed by atoms with Crippen molar-refractivity contribution in [3.8, 4) is 5.75 Å². The third-order valence-electron chi connectivity index (χ3n) is 2.62. The zero-order valence-electron chi connectivity index (χ0n) is 9.70. The van der Waals surface area contributed by atoms with Crippen LogP contribution in [0.25, 0.3) is 0 Å². The molecular weight excluding hydrogens is 298 g/mol. The lowest BCUT2D eigenvalue weighted by atomic mass is 10.1. The summed E-state index contributed by atoms with van der Waals surface area (Å²) in [5.41, 5.74) is 2.10. The van der Waals surface area contributed by atoms with Crippen molar-refractivity contribution in [1.82, 2.24) is 0 Å². The van der Waals surface area contributed by atoms with Gasteiger partial charge in [0.15, 0.2) is 0 Å². The average molecular weight is 312 g/mol. The summed E-state index contributed by atoms with van der Waals surface area (Å²) in [5, 5.41) is 14.9. The van der Waals surface area contributed by atoms with Crippen molar-refractivity contribution in [2.75, 3.05) is 5.32 Å². The third kappa shape index (κ3) is 2.82. The largest absolute Gasteiger partial charge is 0.508 e. The number of benzene rings is 1. The Morgan fingerprint density at radius 3 is 2.71 bits per heavy atom. The molecule has 90 valence electrons. The van der Waals surface area contributed by atoms with Gasteiger partial charge >= 0.3 is 0 Å². The molecule has 0 fully saturated rings. The Morgan fingerprint density at radius 1 is 1.35 bits per heavy atom. The van der Waals surface area contributed by atoms with E-state index in [0.717, 1.165) is 15.7 Å². The van der Waals surface area contributed by atoms with Crippen LogP contribution in [0.2, 0.25) is 0 Å². The molecule has 1 heterocycles. The van der Waals surface area contributed by atoms with Crippen LogP contribution in [0.5, 0.6) is 5.75 Å². The first kappa shape index (κ1) is 12.5. The van der Waals surface area contributed by atoms with Crippen LogP contribution in [0, 0.1) is 6.92 Å². The van der Waals surface area contributed by atoms with Crippen LogP contribution in [-0.2, 0) is 0 Å². The van der Waals surface area contributed by atoms with Crippen LogP contribution < -0.4 is 5.32 Å². The number of phenols is 1. The van der Waals surface area contributed by atoms with Crippen molar-refractivity contribution in [2.45, 2.75) is 19.9 Å². The Bertz CT molecular complexity index is 524. The fourth-order valence-corrected chi connectivity index (χ4v) is 3.45. The van der Waals surface area contributed by atoms with Crippen LogP contribution in [0.15, 0.2) is 34.1 Å². The average Bonchev–Trinajstić information content (AvgIpc) is 2.68. The molecule has 2 aromatic rings. The summed E-state index contributed by atoms with van der Waals surface area (Å²) in [4.78, 5) is 1.28. The molecule has 1 unspecified atom stereocenters. The van der Waals surface area contributed by atoms with Crippen LogP contribution in [0.3, 0.4) is 0 Å². The number of aryl methyl sites for hydroxylation is 1. The molecule has 2 nitrogen and oxygen atoms in total. The van der Waals surface area contributed by atoms with Gasteiger partial charge in [-0.1, -0.05) is 0 Å². The van der Waals surface area contributed by atoms with E-state index < -0.39 is 0 Å². The highest BCUT2D eigenvalue weighted by Gasteiger charge is 2.11. The van der Waals surface area contributed by atoms with Crippen LogP contribution in [0.4, 0.5) is 5.69 Å². The van der Waals surface area contributed by atoms with Gasteiger partial charge in [0.25, 0.3) is 0 Å². The number of anilines is 1. The molecule has 1 aromatic carbocycles. The number of rotatable bonds is 3. The summed E-state index contributed by atoms with van der Waals surface area (Å²) in [7, 11) is 0. The lowest BCUT2D eigenvalue weighted by Gasteiger charge is -2.16. The minimum atomic E-state index is 0.243. The van der Waals surface area contributed by atoms with E-state index in [1.807, 2.05) is 13.0 Å². The predicted molar refractivity (Wildman–Crippen MR) is 76.9 cm³/mol. The van der Waals surface area contributed by atoms with E-state index in [4.69, 9.17) is 0 Å². The smallest absolute Gasteiger partial charge is 0.115 e. The van der Waals surface area contributed by atoms with Gasteiger partial charge in [0, 0.05) is 15.0 Å². The molecular formula is C13H14BrNOS. The first-order chi connectivity index (χ1) is 8.08. The maximum absolute atomic E-state index is 9.37. The lowest BCUT2D eigenvalue weighted by Crippen LogP contribution is -2.06. The van der Waals surface area contributed by atoms with Gasteiger partial charge in [-0.05, 0) is 65.0 Å². The minimum Gasteiger partial charge on any atom is -0.508 e. The predicted octanol–water partition coefficient (Wildman–Crippen LogP) is 4.70. The summed E-state index contributed by atoms with van der Waals surface area (Å²) >= 11 is 5.27. The van der Waals surface area contributed by atoms with E-state index in [2.05, 4.69) is 39.6 Å². The molecule has 0 radical (unpaired) electrons. The van der Waals surface area contributed by atoms with Gasteiger partial charge in [0.05, 0.1) is 6.04 Å². The second-order valence-corrected chi connectivity index (χ2v) is 5.80. The summed E-state index contributed by atoms with van der Waals surface area (Å²) in [6.07, 6.45) is 0. The van der Waals surface area contributed by atoms with Gasteiger partial charge in [0.1, 0.15) is 5.75 Å². The van der Waals surface area contributed by atoms with E-state index in [9.17, 15) is 5.11 Å². The SMILES string of the molecule is Cc1cc(O)ccc1NC(C)c1sccc1Br. The topological polar surface area (TPSA) is 32.3 Å². The molecule has 0 spiro atoms.